The van der Waals surface area contributed by atoms with E-state index in [0.717, 1.165) is 28.0 Å². The molecule has 0 bridgehead atoms. The fraction of sp³-hybridized carbons (Fsp3) is 0.0526. The van der Waals surface area contributed by atoms with E-state index in [1.807, 2.05) is 43.3 Å². The smallest absolute Gasteiger partial charge is 0.204 e. The van der Waals surface area contributed by atoms with Crippen molar-refractivity contribution in [3.63, 3.8) is 0 Å². The maximum atomic E-state index is 6.37. The molecule has 0 atom stereocenters. The Morgan fingerprint density at radius 2 is 1.96 bits per heavy atom. The number of H-pyrrole nitrogens is 2. The van der Waals surface area contributed by atoms with Crippen molar-refractivity contribution in [3.8, 4) is 28.6 Å². The summed E-state index contributed by atoms with van der Waals surface area (Å²) in [4.78, 5) is 7.99. The Morgan fingerprint density at radius 3 is 2.79 bits per heavy atom. The molecule has 3 aromatic heterocycles. The van der Waals surface area contributed by atoms with Crippen molar-refractivity contribution in [2.24, 2.45) is 0 Å². The van der Waals surface area contributed by atoms with Gasteiger partial charge >= 0.3 is 0 Å². The number of fused-ring (bicyclic) bond motifs is 1. The summed E-state index contributed by atoms with van der Waals surface area (Å²) in [6.45, 7) is 1.94. The van der Waals surface area contributed by atoms with Crippen LogP contribution in [-0.2, 0) is 0 Å². The number of halogens is 2. The number of aryl methyl sites for hydroxylation is 1. The Bertz CT molecular complexity index is 1320. The van der Waals surface area contributed by atoms with Gasteiger partial charge in [0, 0.05) is 5.56 Å². The van der Waals surface area contributed by atoms with Crippen LogP contribution in [0.25, 0.3) is 39.6 Å². The third kappa shape index (κ3) is 2.76. The van der Waals surface area contributed by atoms with Gasteiger partial charge in [0.2, 0.25) is 5.82 Å². The zero-order valence-corrected chi connectivity index (χ0v) is 16.1. The van der Waals surface area contributed by atoms with Crippen molar-refractivity contribution >= 4 is 34.2 Å². The lowest BCUT2D eigenvalue weighted by Gasteiger charge is -2.08. The van der Waals surface area contributed by atoms with Crippen LogP contribution in [0.3, 0.4) is 0 Å². The maximum Gasteiger partial charge on any atom is 0.204 e. The molecule has 7 nitrogen and oxygen atoms in total. The first-order valence-electron chi connectivity index (χ1n) is 8.47. The normalized spacial score (nSPS) is 11.4. The van der Waals surface area contributed by atoms with Gasteiger partial charge < -0.3 is 4.98 Å². The minimum absolute atomic E-state index is 0.429. The van der Waals surface area contributed by atoms with Gasteiger partial charge in [0.1, 0.15) is 6.33 Å². The molecule has 138 valence electrons. The van der Waals surface area contributed by atoms with E-state index in [-0.39, 0.29) is 0 Å². The molecule has 0 spiro atoms. The van der Waals surface area contributed by atoms with Crippen LogP contribution in [0.5, 0.6) is 0 Å². The number of aromatic amines is 2. The van der Waals surface area contributed by atoms with Crippen molar-refractivity contribution in [1.29, 1.82) is 0 Å². The summed E-state index contributed by atoms with van der Waals surface area (Å²) in [6.07, 6.45) is 1.58. The van der Waals surface area contributed by atoms with E-state index in [0.29, 0.717) is 27.4 Å². The fourth-order valence-corrected chi connectivity index (χ4v) is 3.49. The molecule has 9 heteroatoms. The standard InChI is InChI=1S/C19H13Cl2N7/c1-10-7-14(26-25-10)11-5-6-13-15(8-11)24-18(23-13)19-27-22-9-28(19)16-4-2-3-12(20)17(16)21/h2-9H,1H3,(H,23,24)(H,25,26). The molecule has 0 aliphatic carbocycles. The second-order valence-electron chi connectivity index (χ2n) is 6.34. The topological polar surface area (TPSA) is 88.1 Å². The second kappa shape index (κ2) is 6.47. The molecule has 0 aliphatic heterocycles. The van der Waals surface area contributed by atoms with Crippen LogP contribution in [0.1, 0.15) is 5.69 Å². The lowest BCUT2D eigenvalue weighted by atomic mass is 10.1. The quantitative estimate of drug-likeness (QED) is 0.447. The summed E-state index contributed by atoms with van der Waals surface area (Å²) in [7, 11) is 0. The molecule has 0 aliphatic rings. The summed E-state index contributed by atoms with van der Waals surface area (Å²) in [5, 5.41) is 16.3. The average Bonchev–Trinajstić information content (AvgIpc) is 3.41. The first-order valence-corrected chi connectivity index (χ1v) is 9.22. The Labute approximate surface area is 169 Å². The summed E-state index contributed by atoms with van der Waals surface area (Å²) in [5.41, 5.74) is 5.27. The first kappa shape index (κ1) is 17.0. The van der Waals surface area contributed by atoms with Gasteiger partial charge in [-0.15, -0.1) is 10.2 Å². The maximum absolute atomic E-state index is 6.37. The SMILES string of the molecule is Cc1cc(-c2ccc3[nH]c(-c4nncn4-c4cccc(Cl)c4Cl)nc3c2)[nH]n1. The van der Waals surface area contributed by atoms with Crippen molar-refractivity contribution in [1.82, 2.24) is 34.9 Å². The van der Waals surface area contributed by atoms with Gasteiger partial charge in [-0.1, -0.05) is 35.3 Å². The molecular weight excluding hydrogens is 397 g/mol. The lowest BCUT2D eigenvalue weighted by molar-refractivity contribution is 1.04. The number of hydrogen-bond acceptors (Lipinski definition) is 4. The van der Waals surface area contributed by atoms with Crippen molar-refractivity contribution in [3.05, 3.63) is 64.5 Å². The van der Waals surface area contributed by atoms with E-state index >= 15 is 0 Å². The number of aromatic nitrogens is 7. The largest absolute Gasteiger partial charge is 0.335 e. The molecule has 28 heavy (non-hydrogen) atoms. The molecule has 0 saturated carbocycles. The van der Waals surface area contributed by atoms with Crippen LogP contribution in [0.15, 0.2) is 48.8 Å². The number of imidazole rings is 1. The second-order valence-corrected chi connectivity index (χ2v) is 7.12. The molecule has 0 amide bonds. The first-order chi connectivity index (χ1) is 13.6. The zero-order chi connectivity index (χ0) is 19.3. The van der Waals surface area contributed by atoms with Crippen LogP contribution in [0.4, 0.5) is 0 Å². The van der Waals surface area contributed by atoms with Crippen molar-refractivity contribution in [2.45, 2.75) is 6.92 Å². The molecular formula is C19H13Cl2N7. The third-order valence-electron chi connectivity index (χ3n) is 4.45. The van der Waals surface area contributed by atoms with Gasteiger partial charge in [-0.3, -0.25) is 9.67 Å². The van der Waals surface area contributed by atoms with Gasteiger partial charge in [0.25, 0.3) is 0 Å². The molecule has 5 aromatic rings. The Kier molecular flexibility index (Phi) is 3.92. The zero-order valence-electron chi connectivity index (χ0n) is 14.6. The molecule has 0 fully saturated rings. The summed E-state index contributed by atoms with van der Waals surface area (Å²) in [5.74, 6) is 1.13. The number of rotatable bonds is 3. The summed E-state index contributed by atoms with van der Waals surface area (Å²) >= 11 is 12.5. The minimum atomic E-state index is 0.429. The van der Waals surface area contributed by atoms with Crippen LogP contribution in [-0.4, -0.2) is 34.9 Å². The van der Waals surface area contributed by atoms with Gasteiger partial charge in [-0.2, -0.15) is 5.10 Å². The van der Waals surface area contributed by atoms with Crippen LogP contribution >= 0.6 is 23.2 Å². The Balaban J connectivity index is 1.61. The highest BCUT2D eigenvalue weighted by Crippen LogP contribution is 2.31. The molecule has 2 N–H and O–H groups in total. The predicted octanol–water partition coefficient (Wildman–Crippen LogP) is 4.82. The Morgan fingerprint density at radius 1 is 1.07 bits per heavy atom. The highest BCUT2D eigenvalue weighted by molar-refractivity contribution is 6.43. The number of hydrogen-bond donors (Lipinski definition) is 2. The van der Waals surface area contributed by atoms with Gasteiger partial charge in [-0.25, -0.2) is 4.98 Å². The van der Waals surface area contributed by atoms with Gasteiger partial charge in [0.15, 0.2) is 5.82 Å². The molecule has 0 saturated heterocycles. The summed E-state index contributed by atoms with van der Waals surface area (Å²) < 4.78 is 1.76. The predicted molar refractivity (Wildman–Crippen MR) is 109 cm³/mol. The lowest BCUT2D eigenvalue weighted by Crippen LogP contribution is -1.98. The van der Waals surface area contributed by atoms with Crippen LogP contribution in [0, 0.1) is 6.92 Å². The number of nitrogens with one attached hydrogen (secondary N) is 2. The van der Waals surface area contributed by atoms with E-state index in [1.165, 1.54) is 0 Å². The molecule has 3 heterocycles. The van der Waals surface area contributed by atoms with E-state index in [2.05, 4.69) is 25.4 Å². The molecule has 0 unspecified atom stereocenters. The molecule has 5 rings (SSSR count). The number of nitrogens with zero attached hydrogens (tertiary/aromatic N) is 5. The van der Waals surface area contributed by atoms with E-state index in [1.54, 1.807) is 17.0 Å². The minimum Gasteiger partial charge on any atom is -0.335 e. The van der Waals surface area contributed by atoms with Gasteiger partial charge in [-0.05, 0) is 37.3 Å². The van der Waals surface area contributed by atoms with Gasteiger partial charge in [0.05, 0.1) is 38.2 Å². The monoisotopic (exact) mass is 409 g/mol. The third-order valence-corrected chi connectivity index (χ3v) is 5.26. The van der Waals surface area contributed by atoms with Crippen LogP contribution in [0.2, 0.25) is 10.0 Å². The van der Waals surface area contributed by atoms with E-state index in [9.17, 15) is 0 Å². The highest BCUT2D eigenvalue weighted by Gasteiger charge is 2.16. The molecule has 0 radical (unpaired) electrons. The fourth-order valence-electron chi connectivity index (χ4n) is 3.10. The average molecular weight is 410 g/mol. The van der Waals surface area contributed by atoms with Crippen molar-refractivity contribution in [2.75, 3.05) is 0 Å². The van der Waals surface area contributed by atoms with E-state index in [4.69, 9.17) is 28.2 Å². The summed E-state index contributed by atoms with van der Waals surface area (Å²) in [6, 6.07) is 13.4. The van der Waals surface area contributed by atoms with Crippen molar-refractivity contribution < 1.29 is 0 Å². The number of benzene rings is 2. The molecule has 2 aromatic carbocycles. The van der Waals surface area contributed by atoms with E-state index < -0.39 is 0 Å². The Hall–Kier alpha value is -3.16. The van der Waals surface area contributed by atoms with Crippen LogP contribution < -0.4 is 0 Å². The highest BCUT2D eigenvalue weighted by atomic mass is 35.5.